The Bertz CT molecular complexity index is 676. The van der Waals surface area contributed by atoms with E-state index in [4.69, 9.17) is 9.47 Å². The number of halogens is 1. The quantitative estimate of drug-likeness (QED) is 0.678. The number of amides is 2. The molecule has 0 aliphatic carbocycles. The molecular formula is C21H29FN2O4. The predicted molar refractivity (Wildman–Crippen MR) is 103 cm³/mol. The Morgan fingerprint density at radius 2 is 2.04 bits per heavy atom. The molecule has 3 rings (SSSR count). The van der Waals surface area contributed by atoms with E-state index < -0.39 is 5.82 Å². The first kappa shape index (κ1) is 20.4. The van der Waals surface area contributed by atoms with Crippen molar-refractivity contribution in [3.8, 4) is 5.75 Å². The number of para-hydroxylation sites is 1. The maximum atomic E-state index is 13.5. The van der Waals surface area contributed by atoms with E-state index in [-0.39, 0.29) is 42.9 Å². The fraction of sp³-hybridized carbons (Fsp3) is 0.619. The highest BCUT2D eigenvalue weighted by Crippen LogP contribution is 2.26. The second-order valence-corrected chi connectivity index (χ2v) is 7.42. The number of nitrogens with zero attached hydrogens (tertiary/aromatic N) is 2. The van der Waals surface area contributed by atoms with Crippen LogP contribution in [0.5, 0.6) is 5.75 Å². The van der Waals surface area contributed by atoms with Crippen LogP contribution in [0.25, 0.3) is 0 Å². The van der Waals surface area contributed by atoms with Gasteiger partial charge in [-0.2, -0.15) is 0 Å². The van der Waals surface area contributed by atoms with Gasteiger partial charge in [-0.05, 0) is 31.4 Å². The molecule has 1 unspecified atom stereocenters. The van der Waals surface area contributed by atoms with Gasteiger partial charge in [-0.3, -0.25) is 9.69 Å². The summed E-state index contributed by atoms with van der Waals surface area (Å²) in [5, 5.41) is 0. The lowest BCUT2D eigenvalue weighted by molar-refractivity contribution is -0.133. The Morgan fingerprint density at radius 3 is 2.75 bits per heavy atom. The van der Waals surface area contributed by atoms with Crippen molar-refractivity contribution in [1.82, 2.24) is 9.80 Å². The van der Waals surface area contributed by atoms with Gasteiger partial charge in [-0.1, -0.05) is 31.9 Å². The molecule has 7 heteroatoms. The summed E-state index contributed by atoms with van der Waals surface area (Å²) in [5.74, 6) is -0.258. The van der Waals surface area contributed by atoms with E-state index in [1.54, 1.807) is 18.2 Å². The third-order valence-electron chi connectivity index (χ3n) is 5.52. The van der Waals surface area contributed by atoms with Gasteiger partial charge in [-0.25, -0.2) is 9.18 Å². The Balaban J connectivity index is 1.43. The zero-order valence-electron chi connectivity index (χ0n) is 16.4. The first-order chi connectivity index (χ1) is 13.6. The third kappa shape index (κ3) is 4.94. The van der Waals surface area contributed by atoms with Gasteiger partial charge < -0.3 is 14.4 Å². The van der Waals surface area contributed by atoms with Crippen molar-refractivity contribution in [2.24, 2.45) is 0 Å². The summed E-state index contributed by atoms with van der Waals surface area (Å²) in [6, 6.07) is 6.47. The molecule has 0 bridgehead atoms. The number of piperidine rings is 1. The van der Waals surface area contributed by atoms with E-state index in [1.165, 1.54) is 6.07 Å². The van der Waals surface area contributed by atoms with Gasteiger partial charge >= 0.3 is 6.09 Å². The summed E-state index contributed by atoms with van der Waals surface area (Å²) in [4.78, 5) is 28.3. The molecule has 0 N–H and O–H groups in total. The van der Waals surface area contributed by atoms with Crippen molar-refractivity contribution in [3.63, 3.8) is 0 Å². The highest BCUT2D eigenvalue weighted by atomic mass is 19.1. The van der Waals surface area contributed by atoms with E-state index in [0.29, 0.717) is 19.7 Å². The minimum absolute atomic E-state index is 0.00122. The molecule has 1 aromatic carbocycles. The molecule has 2 heterocycles. The second kappa shape index (κ2) is 9.75. The van der Waals surface area contributed by atoms with Crippen LogP contribution in [0.2, 0.25) is 0 Å². The highest BCUT2D eigenvalue weighted by molar-refractivity contribution is 5.76. The molecule has 0 spiro atoms. The smallest absolute Gasteiger partial charge is 0.410 e. The standard InChI is InChI=1S/C21H29FN2O4/c1-2-3-6-17-15-28-21(26)24(17)16-9-12-23(13-10-16)20(25)11-14-27-19-8-5-4-7-18(19)22/h4-5,7-8,16-17H,2-3,6,9-15H2,1H3. The monoisotopic (exact) mass is 392 g/mol. The van der Waals surface area contributed by atoms with Crippen LogP contribution in [0.4, 0.5) is 9.18 Å². The number of rotatable bonds is 8. The van der Waals surface area contributed by atoms with Gasteiger partial charge in [0.25, 0.3) is 0 Å². The molecule has 28 heavy (non-hydrogen) atoms. The van der Waals surface area contributed by atoms with Crippen molar-refractivity contribution in [2.45, 2.75) is 57.5 Å². The van der Waals surface area contributed by atoms with Crippen LogP contribution in [0.15, 0.2) is 24.3 Å². The number of cyclic esters (lactones) is 1. The Kier molecular flexibility index (Phi) is 7.12. The lowest BCUT2D eigenvalue weighted by Crippen LogP contribution is -2.49. The molecule has 2 saturated heterocycles. The van der Waals surface area contributed by atoms with Gasteiger partial charge in [0.15, 0.2) is 11.6 Å². The summed E-state index contributed by atoms with van der Waals surface area (Å²) in [5.41, 5.74) is 0. The average Bonchev–Trinajstić information content (AvgIpc) is 3.08. The molecule has 2 aliphatic heterocycles. The minimum Gasteiger partial charge on any atom is -0.490 e. The minimum atomic E-state index is -0.425. The first-order valence-corrected chi connectivity index (χ1v) is 10.2. The van der Waals surface area contributed by atoms with Crippen molar-refractivity contribution in [1.29, 1.82) is 0 Å². The number of benzene rings is 1. The van der Waals surface area contributed by atoms with E-state index in [0.717, 1.165) is 32.1 Å². The van der Waals surface area contributed by atoms with Crippen LogP contribution >= 0.6 is 0 Å². The first-order valence-electron chi connectivity index (χ1n) is 10.2. The Morgan fingerprint density at radius 1 is 1.29 bits per heavy atom. The van der Waals surface area contributed by atoms with Gasteiger partial charge in [0, 0.05) is 19.1 Å². The van der Waals surface area contributed by atoms with Crippen LogP contribution in [0.1, 0.15) is 45.4 Å². The molecule has 0 aromatic heterocycles. The molecule has 0 saturated carbocycles. The van der Waals surface area contributed by atoms with Crippen molar-refractivity contribution >= 4 is 12.0 Å². The number of unbranched alkanes of at least 4 members (excludes halogenated alkanes) is 1. The summed E-state index contributed by atoms with van der Waals surface area (Å²) in [7, 11) is 0. The summed E-state index contributed by atoms with van der Waals surface area (Å²) in [6.07, 6.45) is 4.66. The lowest BCUT2D eigenvalue weighted by atomic mass is 10.00. The van der Waals surface area contributed by atoms with E-state index in [1.807, 2.05) is 9.80 Å². The number of hydrogen-bond acceptors (Lipinski definition) is 4. The Hall–Kier alpha value is -2.31. The van der Waals surface area contributed by atoms with E-state index >= 15 is 0 Å². The lowest BCUT2D eigenvalue weighted by Gasteiger charge is -2.38. The molecule has 2 fully saturated rings. The fourth-order valence-electron chi connectivity index (χ4n) is 3.94. The van der Waals surface area contributed by atoms with Gasteiger partial charge in [-0.15, -0.1) is 0 Å². The molecule has 154 valence electrons. The number of ether oxygens (including phenoxy) is 2. The van der Waals surface area contributed by atoms with Crippen molar-refractivity contribution < 1.29 is 23.5 Å². The Labute approximate surface area is 165 Å². The molecular weight excluding hydrogens is 363 g/mol. The van der Waals surface area contributed by atoms with Crippen LogP contribution in [0.3, 0.4) is 0 Å². The largest absolute Gasteiger partial charge is 0.490 e. The van der Waals surface area contributed by atoms with Crippen molar-refractivity contribution in [2.75, 3.05) is 26.3 Å². The molecule has 2 amide bonds. The zero-order chi connectivity index (χ0) is 19.9. The summed E-state index contributed by atoms with van der Waals surface area (Å²) in [6.45, 7) is 4.01. The topological polar surface area (TPSA) is 59.1 Å². The maximum Gasteiger partial charge on any atom is 0.410 e. The summed E-state index contributed by atoms with van der Waals surface area (Å²) < 4.78 is 24.2. The molecule has 6 nitrogen and oxygen atoms in total. The predicted octanol–water partition coefficient (Wildman–Crippen LogP) is 3.60. The van der Waals surface area contributed by atoms with Crippen LogP contribution in [0, 0.1) is 5.82 Å². The number of carbonyl (C=O) groups excluding carboxylic acids is 2. The van der Waals surface area contributed by atoms with Crippen LogP contribution in [-0.2, 0) is 9.53 Å². The molecule has 2 aliphatic rings. The number of hydrogen-bond donors (Lipinski definition) is 0. The number of carbonyl (C=O) groups is 2. The van der Waals surface area contributed by atoms with Crippen molar-refractivity contribution in [3.05, 3.63) is 30.1 Å². The molecule has 1 aromatic rings. The maximum absolute atomic E-state index is 13.5. The SMILES string of the molecule is CCCCC1COC(=O)N1C1CCN(C(=O)CCOc2ccccc2F)CC1. The highest BCUT2D eigenvalue weighted by Gasteiger charge is 2.39. The third-order valence-corrected chi connectivity index (χ3v) is 5.52. The molecule has 0 radical (unpaired) electrons. The van der Waals surface area contributed by atoms with Crippen LogP contribution < -0.4 is 4.74 Å². The van der Waals surface area contributed by atoms with Gasteiger partial charge in [0.2, 0.25) is 5.91 Å². The number of likely N-dealkylation sites (tertiary alicyclic amines) is 1. The normalized spacial score (nSPS) is 20.4. The zero-order valence-corrected chi connectivity index (χ0v) is 16.4. The molecule has 1 atom stereocenters. The fourth-order valence-corrected chi connectivity index (χ4v) is 3.94. The van der Waals surface area contributed by atoms with E-state index in [9.17, 15) is 14.0 Å². The summed E-state index contributed by atoms with van der Waals surface area (Å²) >= 11 is 0. The average molecular weight is 392 g/mol. The second-order valence-electron chi connectivity index (χ2n) is 7.42. The van der Waals surface area contributed by atoms with Gasteiger partial charge in [0.05, 0.1) is 19.1 Å². The van der Waals surface area contributed by atoms with Gasteiger partial charge in [0.1, 0.15) is 6.61 Å². The van der Waals surface area contributed by atoms with Crippen LogP contribution in [-0.4, -0.2) is 60.2 Å². The van der Waals surface area contributed by atoms with E-state index in [2.05, 4.69) is 6.92 Å².